The fourth-order valence-corrected chi connectivity index (χ4v) is 3.90. The van der Waals surface area contributed by atoms with Gasteiger partial charge in [-0.25, -0.2) is 17.2 Å². The molecule has 1 saturated heterocycles. The summed E-state index contributed by atoms with van der Waals surface area (Å²) < 4.78 is 53.2. The van der Waals surface area contributed by atoms with Gasteiger partial charge in [0.2, 0.25) is 15.9 Å². The minimum atomic E-state index is -4.25. The maximum atomic E-state index is 13.7. The molecule has 0 bridgehead atoms. The largest absolute Gasteiger partial charge is 0.368 e. The zero-order valence-corrected chi connectivity index (χ0v) is 12.8. The number of carbonyl (C=O) groups excluding carboxylic acids is 1. The normalized spacial score (nSPS) is 19.0. The van der Waals surface area contributed by atoms with Gasteiger partial charge in [-0.15, -0.1) is 0 Å². The van der Waals surface area contributed by atoms with Crippen LogP contribution in [-0.2, 0) is 14.8 Å². The molecule has 2 rings (SSSR count). The molecule has 2 N–H and O–H groups in total. The van der Waals surface area contributed by atoms with Crippen molar-refractivity contribution >= 4 is 15.9 Å². The Morgan fingerprint density at radius 3 is 2.14 bits per heavy atom. The summed E-state index contributed by atoms with van der Waals surface area (Å²) in [6, 6.07) is 2.40. The number of primary amides is 1. The molecular formula is C13H17F2N3O3S. The molecule has 1 aliphatic rings. The molecule has 1 aromatic carbocycles. The number of nitrogens with zero attached hydrogens (tertiary/aromatic N) is 2. The molecule has 22 heavy (non-hydrogen) atoms. The van der Waals surface area contributed by atoms with Gasteiger partial charge in [-0.3, -0.25) is 9.69 Å². The summed E-state index contributed by atoms with van der Waals surface area (Å²) in [5.41, 5.74) is 5.21. The van der Waals surface area contributed by atoms with E-state index in [0.717, 1.165) is 22.5 Å². The predicted octanol–water partition coefficient (Wildman–Crippen LogP) is 0.145. The molecule has 1 heterocycles. The van der Waals surface area contributed by atoms with Crippen LogP contribution in [0.25, 0.3) is 0 Å². The number of hydrogen-bond acceptors (Lipinski definition) is 4. The second-order valence-electron chi connectivity index (χ2n) is 5.07. The van der Waals surface area contributed by atoms with E-state index in [1.54, 1.807) is 11.8 Å². The Bertz CT molecular complexity index is 653. The van der Waals surface area contributed by atoms with Crippen molar-refractivity contribution in [3.05, 3.63) is 29.8 Å². The van der Waals surface area contributed by atoms with Crippen LogP contribution in [0.5, 0.6) is 0 Å². The predicted molar refractivity (Wildman–Crippen MR) is 75.3 cm³/mol. The van der Waals surface area contributed by atoms with E-state index in [2.05, 4.69) is 0 Å². The van der Waals surface area contributed by atoms with Crippen LogP contribution < -0.4 is 5.73 Å². The van der Waals surface area contributed by atoms with E-state index in [9.17, 15) is 22.0 Å². The molecule has 9 heteroatoms. The lowest BCUT2D eigenvalue weighted by Crippen LogP contribution is -2.54. The fourth-order valence-electron chi connectivity index (χ4n) is 2.37. The molecule has 1 aromatic rings. The van der Waals surface area contributed by atoms with Gasteiger partial charge in [-0.1, -0.05) is 6.07 Å². The fraction of sp³-hybridized carbons (Fsp3) is 0.462. The van der Waals surface area contributed by atoms with Crippen LogP contribution in [0.3, 0.4) is 0 Å². The third-order valence-electron chi connectivity index (χ3n) is 3.75. The number of rotatable bonds is 4. The van der Waals surface area contributed by atoms with Gasteiger partial charge in [0.1, 0.15) is 11.6 Å². The van der Waals surface area contributed by atoms with Gasteiger partial charge in [0.25, 0.3) is 0 Å². The van der Waals surface area contributed by atoms with Crippen LogP contribution in [0.15, 0.2) is 23.1 Å². The van der Waals surface area contributed by atoms with Gasteiger partial charge in [0.05, 0.1) is 6.04 Å². The standard InChI is InChI=1S/C13H17F2N3O3S/c1-9(13(16)19)17-5-7-18(8-6-17)22(20,21)12-10(14)3-2-4-11(12)15/h2-4,9H,5-8H2,1H3,(H2,16,19)/t9-/m1/s1. The van der Waals surface area contributed by atoms with E-state index in [0.29, 0.717) is 0 Å². The first-order valence-electron chi connectivity index (χ1n) is 6.72. The minimum Gasteiger partial charge on any atom is -0.368 e. The number of nitrogens with two attached hydrogens (primary N) is 1. The SMILES string of the molecule is C[C@H](C(N)=O)N1CCN(S(=O)(=O)c2c(F)cccc2F)CC1. The molecule has 1 fully saturated rings. The van der Waals surface area contributed by atoms with E-state index in [1.807, 2.05) is 0 Å². The minimum absolute atomic E-state index is 0.0354. The summed E-state index contributed by atoms with van der Waals surface area (Å²) in [6.07, 6.45) is 0. The van der Waals surface area contributed by atoms with Crippen molar-refractivity contribution in [1.82, 2.24) is 9.21 Å². The van der Waals surface area contributed by atoms with Gasteiger partial charge in [0, 0.05) is 26.2 Å². The highest BCUT2D eigenvalue weighted by atomic mass is 32.2. The number of sulfonamides is 1. The van der Waals surface area contributed by atoms with E-state index in [4.69, 9.17) is 5.73 Å². The number of piperazine rings is 1. The molecule has 6 nitrogen and oxygen atoms in total. The zero-order chi connectivity index (χ0) is 16.5. The molecule has 1 amide bonds. The lowest BCUT2D eigenvalue weighted by atomic mass is 10.2. The number of carbonyl (C=O) groups is 1. The van der Waals surface area contributed by atoms with Gasteiger partial charge in [-0.05, 0) is 19.1 Å². The van der Waals surface area contributed by atoms with Gasteiger partial charge < -0.3 is 5.73 Å². The Balaban J connectivity index is 2.19. The number of benzene rings is 1. The van der Waals surface area contributed by atoms with E-state index in [-0.39, 0.29) is 26.2 Å². The first kappa shape index (κ1) is 16.8. The van der Waals surface area contributed by atoms with Gasteiger partial charge in [-0.2, -0.15) is 4.31 Å². The first-order valence-corrected chi connectivity index (χ1v) is 8.16. The van der Waals surface area contributed by atoms with Crippen molar-refractivity contribution in [2.45, 2.75) is 17.9 Å². The second kappa shape index (κ2) is 6.27. The maximum Gasteiger partial charge on any atom is 0.249 e. The second-order valence-corrected chi connectivity index (χ2v) is 6.94. The number of halogens is 2. The molecule has 0 unspecified atom stereocenters. The van der Waals surface area contributed by atoms with Gasteiger partial charge >= 0.3 is 0 Å². The van der Waals surface area contributed by atoms with E-state index in [1.165, 1.54) is 0 Å². The molecular weight excluding hydrogens is 316 g/mol. The summed E-state index contributed by atoms with van der Waals surface area (Å²) in [5.74, 6) is -2.74. The Hall–Kier alpha value is -1.58. The Morgan fingerprint density at radius 2 is 1.68 bits per heavy atom. The summed E-state index contributed by atoms with van der Waals surface area (Å²) in [6.45, 7) is 2.23. The van der Waals surface area contributed by atoms with Crippen LogP contribution in [0.2, 0.25) is 0 Å². The lowest BCUT2D eigenvalue weighted by Gasteiger charge is -2.36. The number of hydrogen-bond donors (Lipinski definition) is 1. The van der Waals surface area contributed by atoms with Crippen LogP contribution in [0.4, 0.5) is 8.78 Å². The zero-order valence-electron chi connectivity index (χ0n) is 12.0. The quantitative estimate of drug-likeness (QED) is 0.850. The Labute approximate surface area is 127 Å². The van der Waals surface area contributed by atoms with Crippen LogP contribution >= 0.6 is 0 Å². The highest BCUT2D eigenvalue weighted by Gasteiger charge is 2.34. The molecule has 1 atom stereocenters. The lowest BCUT2D eigenvalue weighted by molar-refractivity contribution is -0.123. The first-order chi connectivity index (χ1) is 10.2. The molecule has 0 spiro atoms. The third kappa shape index (κ3) is 3.11. The Kier molecular flexibility index (Phi) is 4.78. The van der Waals surface area contributed by atoms with Crippen molar-refractivity contribution in [1.29, 1.82) is 0 Å². The monoisotopic (exact) mass is 333 g/mol. The highest BCUT2D eigenvalue weighted by molar-refractivity contribution is 7.89. The summed E-state index contributed by atoms with van der Waals surface area (Å²) >= 11 is 0. The van der Waals surface area contributed by atoms with Crippen molar-refractivity contribution in [2.75, 3.05) is 26.2 Å². The summed E-state index contributed by atoms with van der Waals surface area (Å²) in [5, 5.41) is 0. The van der Waals surface area contributed by atoms with Crippen LogP contribution in [0, 0.1) is 11.6 Å². The summed E-state index contributed by atoms with van der Waals surface area (Å²) in [7, 11) is -4.25. The van der Waals surface area contributed by atoms with Crippen molar-refractivity contribution in [2.24, 2.45) is 5.73 Å². The molecule has 0 saturated carbocycles. The Morgan fingerprint density at radius 1 is 1.18 bits per heavy atom. The molecule has 0 aliphatic carbocycles. The topological polar surface area (TPSA) is 83.7 Å². The highest BCUT2D eigenvalue weighted by Crippen LogP contribution is 2.23. The molecule has 0 radical (unpaired) electrons. The van der Waals surface area contributed by atoms with Crippen LogP contribution in [-0.4, -0.2) is 55.8 Å². The van der Waals surface area contributed by atoms with Gasteiger partial charge in [0.15, 0.2) is 4.90 Å². The van der Waals surface area contributed by atoms with Crippen LogP contribution in [0.1, 0.15) is 6.92 Å². The maximum absolute atomic E-state index is 13.7. The van der Waals surface area contributed by atoms with E-state index >= 15 is 0 Å². The summed E-state index contributed by atoms with van der Waals surface area (Å²) in [4.78, 5) is 11.9. The van der Waals surface area contributed by atoms with Crippen molar-refractivity contribution in [3.63, 3.8) is 0 Å². The van der Waals surface area contributed by atoms with E-state index < -0.39 is 38.5 Å². The van der Waals surface area contributed by atoms with Crippen molar-refractivity contribution < 1.29 is 22.0 Å². The van der Waals surface area contributed by atoms with Crippen molar-refractivity contribution in [3.8, 4) is 0 Å². The molecule has 1 aliphatic heterocycles. The molecule has 0 aromatic heterocycles. The molecule has 122 valence electrons. The average molecular weight is 333 g/mol. The average Bonchev–Trinajstić information content (AvgIpc) is 2.46. The third-order valence-corrected chi connectivity index (χ3v) is 5.70. The smallest absolute Gasteiger partial charge is 0.249 e. The number of amides is 1.